The Labute approximate surface area is 205 Å². The lowest BCUT2D eigenvalue weighted by Crippen LogP contribution is -2.46. The van der Waals surface area contributed by atoms with E-state index < -0.39 is 11.8 Å². The lowest BCUT2D eigenvalue weighted by atomic mass is 10.1. The maximum absolute atomic E-state index is 12.5. The Hall–Kier alpha value is -4.37. The zero-order chi connectivity index (χ0) is 24.4. The molecular formula is C26H21N5O3S. The summed E-state index contributed by atoms with van der Waals surface area (Å²) in [5.74, 6) is -0.582. The molecule has 0 spiro atoms. The highest BCUT2D eigenvalue weighted by atomic mass is 32.2. The van der Waals surface area contributed by atoms with Gasteiger partial charge in [0.2, 0.25) is 0 Å². The Balaban J connectivity index is 1.11. The van der Waals surface area contributed by atoms with Crippen molar-refractivity contribution in [3.63, 3.8) is 0 Å². The number of thioether (sulfide) groups is 1. The third kappa shape index (κ3) is 4.67. The first-order chi connectivity index (χ1) is 17.0. The molecule has 4 aromatic rings. The Morgan fingerprint density at radius 2 is 1.66 bits per heavy atom. The maximum Gasteiger partial charge on any atom is 0.269 e. The van der Waals surface area contributed by atoms with Crippen LogP contribution in [0.2, 0.25) is 0 Å². The molecule has 8 nitrogen and oxygen atoms in total. The second-order valence-electron chi connectivity index (χ2n) is 7.93. The number of benzene rings is 3. The molecule has 0 radical (unpaired) electrons. The minimum Gasteiger partial charge on any atom is -0.333 e. The number of hydrazine groups is 1. The van der Waals surface area contributed by atoms with Crippen LogP contribution in [0.25, 0.3) is 16.7 Å². The molecule has 3 N–H and O–H groups in total. The van der Waals surface area contributed by atoms with Gasteiger partial charge >= 0.3 is 0 Å². The summed E-state index contributed by atoms with van der Waals surface area (Å²) in [6, 6.07) is 22.0. The van der Waals surface area contributed by atoms with Crippen molar-refractivity contribution in [3.05, 3.63) is 102 Å². The molecule has 0 bridgehead atoms. The average Bonchev–Trinajstić information content (AvgIpc) is 3.41. The molecule has 0 aliphatic carbocycles. The first-order valence-electron chi connectivity index (χ1n) is 10.9. The molecule has 0 saturated heterocycles. The van der Waals surface area contributed by atoms with Gasteiger partial charge in [-0.25, -0.2) is 4.98 Å². The number of fused-ring (bicyclic) bond motifs is 2. The van der Waals surface area contributed by atoms with Gasteiger partial charge < -0.3 is 4.98 Å². The molecule has 5 rings (SSSR count). The van der Waals surface area contributed by atoms with Crippen LogP contribution in [0.4, 0.5) is 0 Å². The zero-order valence-corrected chi connectivity index (χ0v) is 19.4. The zero-order valence-electron chi connectivity index (χ0n) is 18.6. The van der Waals surface area contributed by atoms with Crippen molar-refractivity contribution in [2.24, 2.45) is 0 Å². The molecule has 1 aliphatic rings. The molecule has 0 fully saturated rings. The van der Waals surface area contributed by atoms with E-state index in [9.17, 15) is 14.4 Å². The molecule has 174 valence electrons. The molecular weight excluding hydrogens is 462 g/mol. The smallest absolute Gasteiger partial charge is 0.269 e. The fourth-order valence-electron chi connectivity index (χ4n) is 3.79. The first kappa shape index (κ1) is 22.4. The van der Waals surface area contributed by atoms with E-state index in [4.69, 9.17) is 0 Å². The fraction of sp³-hybridized carbons (Fsp3) is 0.0769. The molecule has 1 aliphatic heterocycles. The Bertz CT molecular complexity index is 1390. The number of para-hydroxylation sites is 2. The summed E-state index contributed by atoms with van der Waals surface area (Å²) < 4.78 is 0. The van der Waals surface area contributed by atoms with Crippen LogP contribution in [-0.2, 0) is 10.5 Å². The highest BCUT2D eigenvalue weighted by Crippen LogP contribution is 2.30. The van der Waals surface area contributed by atoms with Gasteiger partial charge in [-0.15, -0.1) is 0 Å². The Morgan fingerprint density at radius 3 is 2.40 bits per heavy atom. The van der Waals surface area contributed by atoms with Crippen LogP contribution in [-0.4, -0.2) is 39.1 Å². The standard InChI is InChI=1S/C26H21N5O3S/c1-16-19-6-2-3-7-20(19)25(34)31(16)14-23(32)29-30-24(33)18-12-10-17(11-13-18)15-35-26-27-21-8-4-5-9-22(21)28-26/h2-13H,1,14-15H2,(H,27,28)(H,29,32)(H,30,33). The van der Waals surface area contributed by atoms with Gasteiger partial charge in [0.05, 0.1) is 11.0 Å². The monoisotopic (exact) mass is 483 g/mol. The number of hydrogen-bond acceptors (Lipinski definition) is 5. The normalized spacial score (nSPS) is 12.6. The van der Waals surface area contributed by atoms with Crippen LogP contribution in [0, 0.1) is 0 Å². The Kier molecular flexibility index (Phi) is 6.07. The summed E-state index contributed by atoms with van der Waals surface area (Å²) in [6.45, 7) is 3.66. The van der Waals surface area contributed by atoms with E-state index in [-0.39, 0.29) is 12.5 Å². The third-order valence-electron chi connectivity index (χ3n) is 5.62. The molecule has 0 unspecified atom stereocenters. The lowest BCUT2D eigenvalue weighted by molar-refractivity contribution is -0.122. The van der Waals surface area contributed by atoms with Crippen molar-refractivity contribution in [3.8, 4) is 0 Å². The van der Waals surface area contributed by atoms with Crippen LogP contribution in [0.3, 0.4) is 0 Å². The fourth-order valence-corrected chi connectivity index (χ4v) is 4.63. The number of hydrogen-bond donors (Lipinski definition) is 3. The van der Waals surface area contributed by atoms with E-state index in [1.54, 1.807) is 42.1 Å². The minimum atomic E-state index is -0.528. The van der Waals surface area contributed by atoms with Crippen molar-refractivity contribution >= 4 is 46.2 Å². The van der Waals surface area contributed by atoms with E-state index in [2.05, 4.69) is 27.4 Å². The number of carbonyl (C=O) groups excluding carboxylic acids is 3. The summed E-state index contributed by atoms with van der Waals surface area (Å²) in [4.78, 5) is 46.4. The molecule has 2 heterocycles. The SMILES string of the molecule is C=C1c2ccccc2C(=O)N1CC(=O)NNC(=O)c1ccc(CSc2nc3ccccc3[nH]2)cc1. The van der Waals surface area contributed by atoms with Crippen molar-refractivity contribution < 1.29 is 14.4 Å². The second kappa shape index (κ2) is 9.47. The van der Waals surface area contributed by atoms with E-state index >= 15 is 0 Å². The number of aromatic amines is 1. The average molecular weight is 484 g/mol. The predicted molar refractivity (Wildman–Crippen MR) is 134 cm³/mol. The number of imidazole rings is 1. The molecule has 35 heavy (non-hydrogen) atoms. The lowest BCUT2D eigenvalue weighted by Gasteiger charge is -2.17. The number of H-pyrrole nitrogens is 1. The number of nitrogens with one attached hydrogen (secondary N) is 3. The van der Waals surface area contributed by atoms with E-state index in [0.29, 0.717) is 28.1 Å². The summed E-state index contributed by atoms with van der Waals surface area (Å²) in [5, 5.41) is 0.831. The van der Waals surface area contributed by atoms with E-state index in [1.165, 1.54) is 4.90 Å². The largest absolute Gasteiger partial charge is 0.333 e. The molecule has 3 amide bonds. The van der Waals surface area contributed by atoms with Gasteiger partial charge in [-0.05, 0) is 35.9 Å². The number of nitrogens with zero attached hydrogens (tertiary/aromatic N) is 2. The maximum atomic E-state index is 12.5. The van der Waals surface area contributed by atoms with Crippen molar-refractivity contribution in [1.82, 2.24) is 25.7 Å². The van der Waals surface area contributed by atoms with Gasteiger partial charge in [0.25, 0.3) is 17.7 Å². The second-order valence-corrected chi connectivity index (χ2v) is 8.89. The summed E-state index contributed by atoms with van der Waals surface area (Å²) >= 11 is 1.58. The van der Waals surface area contributed by atoms with Gasteiger partial charge in [-0.2, -0.15) is 0 Å². The topological polar surface area (TPSA) is 107 Å². The third-order valence-corrected chi connectivity index (χ3v) is 6.56. The molecule has 3 aromatic carbocycles. The number of carbonyl (C=O) groups is 3. The quantitative estimate of drug-likeness (QED) is 0.286. The molecule has 9 heteroatoms. The van der Waals surface area contributed by atoms with Gasteiger partial charge in [0, 0.05) is 28.1 Å². The predicted octanol–water partition coefficient (Wildman–Crippen LogP) is 3.74. The van der Waals surface area contributed by atoms with Crippen molar-refractivity contribution in [2.75, 3.05) is 6.54 Å². The summed E-state index contributed by atoms with van der Waals surface area (Å²) in [5.41, 5.74) is 9.76. The molecule has 1 aromatic heterocycles. The van der Waals surface area contributed by atoms with Crippen LogP contribution >= 0.6 is 11.8 Å². The van der Waals surface area contributed by atoms with Gasteiger partial charge in [-0.3, -0.25) is 30.1 Å². The van der Waals surface area contributed by atoms with E-state index in [0.717, 1.165) is 21.8 Å². The Morgan fingerprint density at radius 1 is 0.943 bits per heavy atom. The summed E-state index contributed by atoms with van der Waals surface area (Å²) in [7, 11) is 0. The number of aromatic nitrogens is 2. The van der Waals surface area contributed by atoms with Gasteiger partial charge in [0.1, 0.15) is 6.54 Å². The van der Waals surface area contributed by atoms with Crippen LogP contribution < -0.4 is 10.9 Å². The van der Waals surface area contributed by atoms with Crippen molar-refractivity contribution in [1.29, 1.82) is 0 Å². The molecule has 0 saturated carbocycles. The highest BCUT2D eigenvalue weighted by molar-refractivity contribution is 7.98. The number of amides is 3. The first-order valence-corrected chi connectivity index (χ1v) is 11.8. The van der Waals surface area contributed by atoms with E-state index in [1.807, 2.05) is 42.5 Å². The number of rotatable bonds is 6. The van der Waals surface area contributed by atoms with Gasteiger partial charge in [0.15, 0.2) is 5.16 Å². The van der Waals surface area contributed by atoms with Gasteiger partial charge in [-0.1, -0.05) is 60.8 Å². The van der Waals surface area contributed by atoms with Crippen LogP contribution in [0.1, 0.15) is 31.8 Å². The molecule has 0 atom stereocenters. The van der Waals surface area contributed by atoms with Crippen LogP contribution in [0.15, 0.2) is 84.5 Å². The highest BCUT2D eigenvalue weighted by Gasteiger charge is 2.31. The van der Waals surface area contributed by atoms with Crippen LogP contribution in [0.5, 0.6) is 0 Å². The summed E-state index contributed by atoms with van der Waals surface area (Å²) in [6.07, 6.45) is 0. The minimum absolute atomic E-state index is 0.245. The van der Waals surface area contributed by atoms with Crippen molar-refractivity contribution in [2.45, 2.75) is 10.9 Å².